The Morgan fingerprint density at radius 1 is 0.404 bits per heavy atom. The van der Waals surface area contributed by atoms with Crippen LogP contribution < -0.4 is 0 Å². The van der Waals surface area contributed by atoms with Gasteiger partial charge in [0, 0.05) is 12.8 Å². The lowest BCUT2D eigenvalue weighted by Gasteiger charge is -2.15. The summed E-state index contributed by atoms with van der Waals surface area (Å²) in [5.41, 5.74) is 0. The number of carbonyl (C=O) groups excluding carboxylic acids is 2. The Morgan fingerprint density at radius 2 is 0.719 bits per heavy atom. The van der Waals surface area contributed by atoms with E-state index >= 15 is 0 Å². The van der Waals surface area contributed by atoms with Crippen molar-refractivity contribution >= 4 is 11.9 Å². The molecule has 57 heavy (non-hydrogen) atoms. The van der Waals surface area contributed by atoms with E-state index in [4.69, 9.17) is 9.47 Å². The van der Waals surface area contributed by atoms with E-state index in [2.05, 4.69) is 62.5 Å². The van der Waals surface area contributed by atoms with Gasteiger partial charge in [0.1, 0.15) is 6.61 Å². The maximum absolute atomic E-state index is 12.2. The highest BCUT2D eigenvalue weighted by Crippen LogP contribution is 2.16. The summed E-state index contributed by atoms with van der Waals surface area (Å²) in [6.07, 6.45) is 62.1. The van der Waals surface area contributed by atoms with Gasteiger partial charge in [-0.25, -0.2) is 0 Å². The Balaban J connectivity index is 3.57. The van der Waals surface area contributed by atoms with Gasteiger partial charge in [-0.3, -0.25) is 9.59 Å². The van der Waals surface area contributed by atoms with Crippen molar-refractivity contribution in [3.63, 3.8) is 0 Å². The predicted molar refractivity (Wildman–Crippen MR) is 247 cm³/mol. The molecule has 0 unspecified atom stereocenters. The van der Waals surface area contributed by atoms with Crippen molar-refractivity contribution < 1.29 is 24.2 Å². The Kier molecular flexibility index (Phi) is 46.4. The summed E-state index contributed by atoms with van der Waals surface area (Å²) >= 11 is 0. The summed E-state index contributed by atoms with van der Waals surface area (Å²) in [5.74, 6) is -0.646. The summed E-state index contributed by atoms with van der Waals surface area (Å²) in [5, 5.41) is 9.61. The molecule has 0 amide bonds. The fraction of sp³-hybridized carbons (Fsp3) is 0.808. The van der Waals surface area contributed by atoms with Crippen molar-refractivity contribution in [3.8, 4) is 0 Å². The molecule has 5 nitrogen and oxygen atoms in total. The topological polar surface area (TPSA) is 72.8 Å². The van der Waals surface area contributed by atoms with Gasteiger partial charge in [-0.2, -0.15) is 0 Å². The molecule has 0 aromatic rings. The van der Waals surface area contributed by atoms with E-state index in [1.54, 1.807) is 0 Å². The lowest BCUT2D eigenvalue weighted by atomic mass is 10.0. The van der Waals surface area contributed by atoms with Gasteiger partial charge in [0.05, 0.1) is 6.61 Å². The molecule has 0 spiro atoms. The molecular weight excluding hydrogens is 705 g/mol. The summed E-state index contributed by atoms with van der Waals surface area (Å²) in [6.45, 7) is 4.12. The Labute approximate surface area is 354 Å². The van der Waals surface area contributed by atoms with Crippen LogP contribution in [0.3, 0.4) is 0 Å². The molecule has 0 rings (SSSR count). The third-order valence-corrected chi connectivity index (χ3v) is 10.9. The highest BCUT2D eigenvalue weighted by Gasteiger charge is 2.16. The molecule has 0 aromatic heterocycles. The standard InChI is InChI=1S/C52H94O5/c1-3-5-7-9-11-13-15-17-19-21-23-25-27-29-31-33-35-37-39-41-43-45-47-52(55)57-50(48-53)49-56-51(54)46-44-42-40-38-36-34-32-30-28-26-24-22-20-18-16-14-12-10-8-6-4-2/h20,22,26,28,32,34,38,40,50,53H,3-19,21,23-25,27,29-31,33,35-37,39,41-49H2,1-2H3/b22-20+,28-26+,34-32+,40-38+/t50-/m0/s1. The molecule has 0 bridgehead atoms. The molecule has 0 aliphatic heterocycles. The Hall–Kier alpha value is -2.14. The molecule has 1 atom stereocenters. The van der Waals surface area contributed by atoms with Crippen LogP contribution in [0.4, 0.5) is 0 Å². The minimum absolute atomic E-state index is 0.0922. The monoisotopic (exact) mass is 799 g/mol. The van der Waals surface area contributed by atoms with E-state index in [0.717, 1.165) is 44.9 Å². The van der Waals surface area contributed by atoms with Crippen molar-refractivity contribution in [3.05, 3.63) is 48.6 Å². The zero-order valence-electron chi connectivity index (χ0n) is 37.9. The van der Waals surface area contributed by atoms with Gasteiger partial charge in [0.25, 0.3) is 0 Å². The number of unbranched alkanes of at least 4 members (excludes halogenated alkanes) is 29. The highest BCUT2D eigenvalue weighted by atomic mass is 16.6. The van der Waals surface area contributed by atoms with Crippen LogP contribution in [0.2, 0.25) is 0 Å². The maximum atomic E-state index is 12.2. The van der Waals surface area contributed by atoms with Crippen LogP contribution in [0.1, 0.15) is 251 Å². The first kappa shape index (κ1) is 54.9. The average Bonchev–Trinajstić information content (AvgIpc) is 3.21. The second kappa shape index (κ2) is 48.2. The lowest BCUT2D eigenvalue weighted by Crippen LogP contribution is -2.28. The second-order valence-electron chi connectivity index (χ2n) is 16.5. The zero-order chi connectivity index (χ0) is 41.4. The fourth-order valence-corrected chi connectivity index (χ4v) is 7.14. The third-order valence-electron chi connectivity index (χ3n) is 10.9. The number of aliphatic hydroxyl groups is 1. The largest absolute Gasteiger partial charge is 0.462 e. The van der Waals surface area contributed by atoms with Crippen LogP contribution in [0, 0.1) is 0 Å². The molecule has 1 N–H and O–H groups in total. The van der Waals surface area contributed by atoms with Crippen molar-refractivity contribution in [2.75, 3.05) is 13.2 Å². The molecular formula is C52H94O5. The van der Waals surface area contributed by atoms with E-state index in [-0.39, 0.29) is 25.2 Å². The van der Waals surface area contributed by atoms with Crippen molar-refractivity contribution in [2.45, 2.75) is 258 Å². The minimum atomic E-state index is -0.793. The Morgan fingerprint density at radius 3 is 1.11 bits per heavy atom. The number of allylic oxidation sites excluding steroid dienone is 8. The molecule has 5 heteroatoms. The molecule has 0 fully saturated rings. The number of rotatable bonds is 45. The Bertz CT molecular complexity index is 950. The summed E-state index contributed by atoms with van der Waals surface area (Å²) < 4.78 is 10.6. The first-order valence-electron chi connectivity index (χ1n) is 24.7. The van der Waals surface area contributed by atoms with Crippen LogP contribution in [0.25, 0.3) is 0 Å². The van der Waals surface area contributed by atoms with Crippen LogP contribution in [-0.2, 0) is 19.1 Å². The highest BCUT2D eigenvalue weighted by molar-refractivity contribution is 5.70. The average molecular weight is 799 g/mol. The minimum Gasteiger partial charge on any atom is -0.462 e. The van der Waals surface area contributed by atoms with E-state index in [1.165, 1.54) is 173 Å². The smallest absolute Gasteiger partial charge is 0.306 e. The molecule has 0 aliphatic carbocycles. The van der Waals surface area contributed by atoms with E-state index in [1.807, 2.05) is 0 Å². The van der Waals surface area contributed by atoms with Gasteiger partial charge in [-0.1, -0.05) is 236 Å². The number of hydrogen-bond donors (Lipinski definition) is 1. The second-order valence-corrected chi connectivity index (χ2v) is 16.5. The summed E-state index contributed by atoms with van der Waals surface area (Å²) in [4.78, 5) is 24.4. The molecule has 0 aromatic carbocycles. The SMILES string of the molecule is CCCCCCCCC/C=C/C/C=C/C/C=C/C/C=C/CCCC(=O)OC[C@H](CO)OC(=O)CCCCCCCCCCCCCCCCCCCCCCCC. The number of carbonyl (C=O) groups is 2. The quantitative estimate of drug-likeness (QED) is 0.0377. The first-order valence-corrected chi connectivity index (χ1v) is 24.7. The molecule has 0 saturated heterocycles. The maximum Gasteiger partial charge on any atom is 0.306 e. The summed E-state index contributed by atoms with van der Waals surface area (Å²) in [6, 6.07) is 0. The van der Waals surface area contributed by atoms with Crippen LogP contribution in [-0.4, -0.2) is 36.4 Å². The van der Waals surface area contributed by atoms with Gasteiger partial charge in [-0.15, -0.1) is 0 Å². The van der Waals surface area contributed by atoms with Crippen molar-refractivity contribution in [1.82, 2.24) is 0 Å². The number of hydrogen-bond acceptors (Lipinski definition) is 5. The normalized spacial score (nSPS) is 12.5. The number of aliphatic hydroxyl groups excluding tert-OH is 1. The van der Waals surface area contributed by atoms with E-state index < -0.39 is 6.10 Å². The molecule has 0 saturated carbocycles. The van der Waals surface area contributed by atoms with Crippen LogP contribution in [0.5, 0.6) is 0 Å². The van der Waals surface area contributed by atoms with E-state index in [0.29, 0.717) is 19.3 Å². The zero-order valence-corrected chi connectivity index (χ0v) is 37.9. The number of ether oxygens (including phenoxy) is 2. The molecule has 0 aliphatic rings. The van der Waals surface area contributed by atoms with Gasteiger partial charge in [-0.05, 0) is 51.4 Å². The first-order chi connectivity index (χ1) is 28.1. The van der Waals surface area contributed by atoms with Gasteiger partial charge < -0.3 is 14.6 Å². The van der Waals surface area contributed by atoms with E-state index in [9.17, 15) is 14.7 Å². The van der Waals surface area contributed by atoms with Crippen LogP contribution in [0.15, 0.2) is 48.6 Å². The molecule has 0 heterocycles. The number of esters is 2. The van der Waals surface area contributed by atoms with Crippen LogP contribution >= 0.6 is 0 Å². The van der Waals surface area contributed by atoms with Crippen molar-refractivity contribution in [2.24, 2.45) is 0 Å². The summed E-state index contributed by atoms with van der Waals surface area (Å²) in [7, 11) is 0. The predicted octanol–water partition coefficient (Wildman–Crippen LogP) is 16.1. The van der Waals surface area contributed by atoms with Gasteiger partial charge in [0.2, 0.25) is 0 Å². The molecule has 332 valence electrons. The van der Waals surface area contributed by atoms with Gasteiger partial charge in [0.15, 0.2) is 6.10 Å². The van der Waals surface area contributed by atoms with Gasteiger partial charge >= 0.3 is 11.9 Å². The van der Waals surface area contributed by atoms with Crippen molar-refractivity contribution in [1.29, 1.82) is 0 Å². The molecule has 0 radical (unpaired) electrons. The fourth-order valence-electron chi connectivity index (χ4n) is 7.14. The lowest BCUT2D eigenvalue weighted by molar-refractivity contribution is -0.161. The third kappa shape index (κ3) is 46.4.